The molecule has 5 nitrogen and oxygen atoms in total. The molecule has 150 valence electrons. The molecule has 0 unspecified atom stereocenters. The van der Waals surface area contributed by atoms with Crippen LogP contribution in [0.25, 0.3) is 0 Å². The quantitative estimate of drug-likeness (QED) is 0.798. The number of likely N-dealkylation sites (N-methyl/N-ethyl adjacent to an activating group) is 1. The molecule has 0 saturated carbocycles. The van der Waals surface area contributed by atoms with Crippen molar-refractivity contribution in [2.45, 2.75) is 20.4 Å². The van der Waals surface area contributed by atoms with Gasteiger partial charge in [-0.3, -0.25) is 4.79 Å². The average molecular weight is 382 g/mol. The minimum absolute atomic E-state index is 0.0804. The van der Waals surface area contributed by atoms with E-state index in [-0.39, 0.29) is 5.91 Å². The van der Waals surface area contributed by atoms with Gasteiger partial charge < -0.3 is 19.9 Å². The zero-order chi connectivity index (χ0) is 19.9. The molecule has 2 aromatic carbocycles. The molecule has 3 rings (SSSR count). The van der Waals surface area contributed by atoms with E-state index in [1.54, 1.807) is 0 Å². The lowest BCUT2D eigenvalue weighted by molar-refractivity contribution is 0.0950. The highest BCUT2D eigenvalue weighted by molar-refractivity contribution is 5.94. The van der Waals surface area contributed by atoms with Gasteiger partial charge in [0.1, 0.15) is 5.75 Å². The summed E-state index contributed by atoms with van der Waals surface area (Å²) >= 11 is 0. The number of para-hydroxylation sites is 1. The second-order valence-electron chi connectivity index (χ2n) is 7.83. The van der Waals surface area contributed by atoms with Crippen molar-refractivity contribution in [1.82, 2.24) is 10.2 Å². The molecule has 2 aromatic rings. The fraction of sp³-hybridized carbons (Fsp3) is 0.435. The van der Waals surface area contributed by atoms with Gasteiger partial charge in [0.15, 0.2) is 0 Å². The van der Waals surface area contributed by atoms with Crippen LogP contribution in [0, 0.1) is 5.92 Å². The molecular weight excluding hydrogens is 350 g/mol. The minimum Gasteiger partial charge on any atom is -0.493 e. The Hall–Kier alpha value is -2.53. The molecule has 0 spiro atoms. The van der Waals surface area contributed by atoms with Crippen LogP contribution in [0.15, 0.2) is 48.5 Å². The third-order valence-corrected chi connectivity index (χ3v) is 4.95. The van der Waals surface area contributed by atoms with E-state index in [1.807, 2.05) is 30.3 Å². The molecule has 1 fully saturated rings. The van der Waals surface area contributed by atoms with Crippen LogP contribution < -0.4 is 15.0 Å². The lowest BCUT2D eigenvalue weighted by Crippen LogP contribution is -2.45. The van der Waals surface area contributed by atoms with Crippen LogP contribution in [0.5, 0.6) is 5.75 Å². The highest BCUT2D eigenvalue weighted by Crippen LogP contribution is 2.22. The Kier molecular flexibility index (Phi) is 6.93. The summed E-state index contributed by atoms with van der Waals surface area (Å²) in [7, 11) is 2.16. The van der Waals surface area contributed by atoms with Crippen molar-refractivity contribution in [1.29, 1.82) is 0 Å². The average Bonchev–Trinajstić information content (AvgIpc) is 2.71. The lowest BCUT2D eigenvalue weighted by atomic mass is 10.1. The van der Waals surface area contributed by atoms with E-state index in [2.05, 4.69) is 54.2 Å². The van der Waals surface area contributed by atoms with Crippen LogP contribution in [-0.4, -0.2) is 50.6 Å². The minimum atomic E-state index is -0.0804. The first-order valence-corrected chi connectivity index (χ1v) is 10.1. The number of anilines is 1. The molecular formula is C23H31N3O2. The van der Waals surface area contributed by atoms with Crippen molar-refractivity contribution in [2.75, 3.05) is 44.7 Å². The van der Waals surface area contributed by atoms with Gasteiger partial charge >= 0.3 is 0 Å². The van der Waals surface area contributed by atoms with Gasteiger partial charge in [-0.05, 0) is 42.8 Å². The molecule has 0 aliphatic carbocycles. The number of carbonyl (C=O) groups is 1. The normalized spacial score (nSPS) is 14.9. The van der Waals surface area contributed by atoms with E-state index in [9.17, 15) is 4.79 Å². The number of nitrogens with zero attached hydrogens (tertiary/aromatic N) is 2. The van der Waals surface area contributed by atoms with Gasteiger partial charge in [0.05, 0.1) is 6.61 Å². The third-order valence-electron chi connectivity index (χ3n) is 4.95. The fourth-order valence-corrected chi connectivity index (χ4v) is 3.28. The summed E-state index contributed by atoms with van der Waals surface area (Å²) in [6.45, 7) is 9.51. The van der Waals surface area contributed by atoms with E-state index >= 15 is 0 Å². The van der Waals surface area contributed by atoms with Crippen LogP contribution in [0.1, 0.15) is 29.8 Å². The van der Waals surface area contributed by atoms with Gasteiger partial charge in [-0.15, -0.1) is 0 Å². The van der Waals surface area contributed by atoms with Crippen molar-refractivity contribution in [2.24, 2.45) is 5.92 Å². The van der Waals surface area contributed by atoms with E-state index in [4.69, 9.17) is 4.74 Å². The van der Waals surface area contributed by atoms with E-state index in [1.165, 1.54) is 5.69 Å². The summed E-state index contributed by atoms with van der Waals surface area (Å²) in [5.41, 5.74) is 2.98. The van der Waals surface area contributed by atoms with Crippen molar-refractivity contribution in [3.63, 3.8) is 0 Å². The molecule has 1 N–H and O–H groups in total. The number of amides is 1. The second kappa shape index (κ2) is 9.60. The highest BCUT2D eigenvalue weighted by Gasteiger charge is 2.17. The van der Waals surface area contributed by atoms with Crippen molar-refractivity contribution >= 4 is 11.6 Å². The molecule has 1 aliphatic heterocycles. The molecule has 28 heavy (non-hydrogen) atoms. The number of carbonyl (C=O) groups excluding carboxylic acids is 1. The summed E-state index contributed by atoms with van der Waals surface area (Å²) < 4.78 is 5.74. The largest absolute Gasteiger partial charge is 0.493 e. The van der Waals surface area contributed by atoms with Gasteiger partial charge in [0.25, 0.3) is 5.91 Å². The molecule has 0 radical (unpaired) electrons. The Morgan fingerprint density at radius 3 is 2.57 bits per heavy atom. The number of piperazine rings is 1. The van der Waals surface area contributed by atoms with Crippen molar-refractivity contribution < 1.29 is 9.53 Å². The third kappa shape index (κ3) is 5.49. The van der Waals surface area contributed by atoms with Gasteiger partial charge in [-0.1, -0.05) is 38.1 Å². The molecule has 0 bridgehead atoms. The Morgan fingerprint density at radius 2 is 1.82 bits per heavy atom. The fourth-order valence-electron chi connectivity index (χ4n) is 3.28. The van der Waals surface area contributed by atoms with Gasteiger partial charge in [-0.2, -0.15) is 0 Å². The molecule has 0 atom stereocenters. The summed E-state index contributed by atoms with van der Waals surface area (Å²) in [6, 6.07) is 15.7. The molecule has 1 heterocycles. The van der Waals surface area contributed by atoms with Crippen LogP contribution >= 0.6 is 0 Å². The summed E-state index contributed by atoms with van der Waals surface area (Å²) in [5, 5.41) is 3.06. The lowest BCUT2D eigenvalue weighted by Gasteiger charge is -2.35. The number of rotatable bonds is 7. The summed E-state index contributed by atoms with van der Waals surface area (Å²) in [5.74, 6) is 1.10. The smallest absolute Gasteiger partial charge is 0.251 e. The Labute approximate surface area is 168 Å². The molecule has 5 heteroatoms. The molecule has 1 aliphatic rings. The van der Waals surface area contributed by atoms with Gasteiger partial charge in [0, 0.05) is 44.0 Å². The first kappa shape index (κ1) is 20.2. The summed E-state index contributed by atoms with van der Waals surface area (Å²) in [6.07, 6.45) is 0. The zero-order valence-electron chi connectivity index (χ0n) is 17.1. The van der Waals surface area contributed by atoms with Crippen molar-refractivity contribution in [3.8, 4) is 5.75 Å². The molecule has 1 saturated heterocycles. The van der Waals surface area contributed by atoms with Crippen LogP contribution in [0.2, 0.25) is 0 Å². The van der Waals surface area contributed by atoms with Gasteiger partial charge in [0.2, 0.25) is 0 Å². The Balaban J connectivity index is 1.63. The van der Waals surface area contributed by atoms with Crippen LogP contribution in [-0.2, 0) is 6.54 Å². The van der Waals surface area contributed by atoms with Gasteiger partial charge in [-0.25, -0.2) is 0 Å². The standard InChI is InChI=1S/C23H31N3O2/c1-18(2)17-28-21-9-6-8-19(15-21)23(27)24-16-20-7-4-5-10-22(20)26-13-11-25(3)12-14-26/h4-10,15,18H,11-14,16-17H2,1-3H3,(H,24,27). The highest BCUT2D eigenvalue weighted by atomic mass is 16.5. The maximum Gasteiger partial charge on any atom is 0.251 e. The molecule has 0 aromatic heterocycles. The maximum absolute atomic E-state index is 12.7. The van der Waals surface area contributed by atoms with E-state index < -0.39 is 0 Å². The first-order chi connectivity index (χ1) is 13.5. The predicted octanol–water partition coefficient (Wildman–Crippen LogP) is 3.40. The van der Waals surface area contributed by atoms with Crippen LogP contribution in [0.4, 0.5) is 5.69 Å². The number of hydrogen-bond donors (Lipinski definition) is 1. The Bertz CT molecular complexity index is 783. The monoisotopic (exact) mass is 381 g/mol. The van der Waals surface area contributed by atoms with E-state index in [0.29, 0.717) is 24.6 Å². The van der Waals surface area contributed by atoms with Crippen LogP contribution in [0.3, 0.4) is 0 Å². The number of benzene rings is 2. The van der Waals surface area contributed by atoms with E-state index in [0.717, 1.165) is 37.5 Å². The molecule has 1 amide bonds. The topological polar surface area (TPSA) is 44.8 Å². The Morgan fingerprint density at radius 1 is 1.07 bits per heavy atom. The maximum atomic E-state index is 12.7. The first-order valence-electron chi connectivity index (χ1n) is 10.1. The second-order valence-corrected chi connectivity index (χ2v) is 7.83. The number of ether oxygens (including phenoxy) is 1. The summed E-state index contributed by atoms with van der Waals surface area (Å²) in [4.78, 5) is 17.4. The predicted molar refractivity (Wildman–Crippen MR) is 114 cm³/mol. The number of hydrogen-bond acceptors (Lipinski definition) is 4. The van der Waals surface area contributed by atoms with Crippen molar-refractivity contribution in [3.05, 3.63) is 59.7 Å². The zero-order valence-corrected chi connectivity index (χ0v) is 17.1. The number of nitrogens with one attached hydrogen (secondary N) is 1. The SMILES string of the molecule is CC(C)COc1cccc(C(=O)NCc2ccccc2N2CCN(C)CC2)c1.